The van der Waals surface area contributed by atoms with Crippen molar-refractivity contribution < 1.29 is 9.47 Å². The SMILES string of the molecule is COc1ccccc1CNc1ccc(OCCN(C)C)cc1. The number of ether oxygens (including phenoxy) is 2. The Bertz CT molecular complexity index is 568. The molecule has 1 N–H and O–H groups in total. The zero-order valence-electron chi connectivity index (χ0n) is 13.5. The lowest BCUT2D eigenvalue weighted by molar-refractivity contribution is 0.261. The Morgan fingerprint density at radius 1 is 1.00 bits per heavy atom. The molecule has 0 aliphatic heterocycles. The first-order valence-electron chi connectivity index (χ1n) is 7.42. The second-order valence-corrected chi connectivity index (χ2v) is 5.34. The quantitative estimate of drug-likeness (QED) is 0.811. The van der Waals surface area contributed by atoms with Crippen LogP contribution in [0.4, 0.5) is 5.69 Å². The second-order valence-electron chi connectivity index (χ2n) is 5.34. The predicted molar refractivity (Wildman–Crippen MR) is 90.8 cm³/mol. The van der Waals surface area contributed by atoms with Crippen molar-refractivity contribution in [2.75, 3.05) is 39.7 Å². The lowest BCUT2D eigenvalue weighted by Crippen LogP contribution is -2.19. The molecule has 2 aromatic rings. The molecule has 0 fully saturated rings. The van der Waals surface area contributed by atoms with Crippen LogP contribution in [0.3, 0.4) is 0 Å². The minimum atomic E-state index is 0.695. The highest BCUT2D eigenvalue weighted by Crippen LogP contribution is 2.20. The lowest BCUT2D eigenvalue weighted by atomic mass is 10.2. The van der Waals surface area contributed by atoms with Gasteiger partial charge in [-0.2, -0.15) is 0 Å². The highest BCUT2D eigenvalue weighted by Gasteiger charge is 2.01. The minimum absolute atomic E-state index is 0.695. The van der Waals surface area contributed by atoms with Crippen LogP contribution in [0, 0.1) is 0 Å². The molecule has 118 valence electrons. The Morgan fingerprint density at radius 2 is 1.73 bits per heavy atom. The molecule has 2 rings (SSSR count). The molecule has 2 aromatic carbocycles. The van der Waals surface area contributed by atoms with Crippen molar-refractivity contribution in [1.82, 2.24) is 4.90 Å². The fourth-order valence-corrected chi connectivity index (χ4v) is 2.06. The van der Waals surface area contributed by atoms with Crippen molar-refractivity contribution in [2.24, 2.45) is 0 Å². The number of benzene rings is 2. The van der Waals surface area contributed by atoms with Crippen LogP contribution in [0.2, 0.25) is 0 Å². The van der Waals surface area contributed by atoms with Crippen LogP contribution in [-0.4, -0.2) is 39.3 Å². The number of para-hydroxylation sites is 1. The molecule has 0 saturated heterocycles. The van der Waals surface area contributed by atoms with E-state index in [0.717, 1.165) is 35.8 Å². The van der Waals surface area contributed by atoms with E-state index in [4.69, 9.17) is 9.47 Å². The van der Waals surface area contributed by atoms with Gasteiger partial charge in [0, 0.05) is 24.3 Å². The number of nitrogens with zero attached hydrogens (tertiary/aromatic N) is 1. The first kappa shape index (κ1) is 16.2. The number of anilines is 1. The van der Waals surface area contributed by atoms with E-state index in [1.54, 1.807) is 7.11 Å². The summed E-state index contributed by atoms with van der Waals surface area (Å²) in [6.07, 6.45) is 0. The molecule has 0 unspecified atom stereocenters. The fourth-order valence-electron chi connectivity index (χ4n) is 2.06. The summed E-state index contributed by atoms with van der Waals surface area (Å²) in [7, 11) is 5.77. The number of hydrogen-bond acceptors (Lipinski definition) is 4. The van der Waals surface area contributed by atoms with Gasteiger partial charge in [0.05, 0.1) is 7.11 Å². The van der Waals surface area contributed by atoms with Crippen LogP contribution in [0.15, 0.2) is 48.5 Å². The summed E-state index contributed by atoms with van der Waals surface area (Å²) in [5.74, 6) is 1.79. The smallest absolute Gasteiger partial charge is 0.123 e. The van der Waals surface area contributed by atoms with Gasteiger partial charge in [-0.25, -0.2) is 0 Å². The molecule has 4 nitrogen and oxygen atoms in total. The van der Waals surface area contributed by atoms with E-state index in [2.05, 4.69) is 16.3 Å². The van der Waals surface area contributed by atoms with E-state index in [1.165, 1.54) is 0 Å². The predicted octanol–water partition coefficient (Wildman–Crippen LogP) is 3.25. The highest BCUT2D eigenvalue weighted by atomic mass is 16.5. The van der Waals surface area contributed by atoms with Crippen LogP contribution in [0.1, 0.15) is 5.56 Å². The average Bonchev–Trinajstić information content (AvgIpc) is 2.54. The average molecular weight is 300 g/mol. The molecule has 0 spiro atoms. The number of methoxy groups -OCH3 is 1. The Balaban J connectivity index is 1.86. The Hall–Kier alpha value is -2.20. The molecule has 0 aliphatic rings. The Labute approximate surface area is 132 Å². The molecule has 0 atom stereocenters. The van der Waals surface area contributed by atoms with Crippen LogP contribution >= 0.6 is 0 Å². The third-order valence-corrected chi connectivity index (χ3v) is 3.34. The van der Waals surface area contributed by atoms with E-state index < -0.39 is 0 Å². The van der Waals surface area contributed by atoms with E-state index in [1.807, 2.05) is 56.6 Å². The zero-order valence-corrected chi connectivity index (χ0v) is 13.5. The summed E-state index contributed by atoms with van der Waals surface area (Å²) in [5, 5.41) is 3.39. The van der Waals surface area contributed by atoms with Crippen LogP contribution in [-0.2, 0) is 6.54 Å². The molecule has 0 saturated carbocycles. The van der Waals surface area contributed by atoms with Gasteiger partial charge in [-0.3, -0.25) is 0 Å². The van der Waals surface area contributed by atoms with Gasteiger partial charge < -0.3 is 19.7 Å². The first-order valence-corrected chi connectivity index (χ1v) is 7.42. The van der Waals surface area contributed by atoms with Gasteiger partial charge in [0.2, 0.25) is 0 Å². The van der Waals surface area contributed by atoms with E-state index in [9.17, 15) is 0 Å². The summed E-state index contributed by atoms with van der Waals surface area (Å²) < 4.78 is 11.0. The van der Waals surface area contributed by atoms with Gasteiger partial charge in [0.15, 0.2) is 0 Å². The van der Waals surface area contributed by atoms with Crippen LogP contribution < -0.4 is 14.8 Å². The van der Waals surface area contributed by atoms with E-state index in [0.29, 0.717) is 6.61 Å². The molecule has 0 heterocycles. The maximum atomic E-state index is 5.68. The summed E-state index contributed by atoms with van der Waals surface area (Å²) in [6.45, 7) is 2.33. The number of likely N-dealkylation sites (N-methyl/N-ethyl adjacent to an activating group) is 1. The van der Waals surface area contributed by atoms with E-state index in [-0.39, 0.29) is 0 Å². The number of rotatable bonds is 8. The maximum Gasteiger partial charge on any atom is 0.123 e. The molecule has 0 amide bonds. The second kappa shape index (κ2) is 8.29. The van der Waals surface area contributed by atoms with Gasteiger partial charge in [-0.05, 0) is 44.4 Å². The minimum Gasteiger partial charge on any atom is -0.496 e. The van der Waals surface area contributed by atoms with Crippen molar-refractivity contribution in [2.45, 2.75) is 6.54 Å². The molecule has 4 heteroatoms. The number of nitrogens with one attached hydrogen (secondary N) is 1. The summed E-state index contributed by atoms with van der Waals surface area (Å²) in [6, 6.07) is 16.0. The van der Waals surface area contributed by atoms with Crippen molar-refractivity contribution >= 4 is 5.69 Å². The molecule has 22 heavy (non-hydrogen) atoms. The first-order chi connectivity index (χ1) is 10.7. The van der Waals surface area contributed by atoms with Gasteiger partial charge in [-0.1, -0.05) is 18.2 Å². The molecule has 0 aliphatic carbocycles. The van der Waals surface area contributed by atoms with Gasteiger partial charge in [0.1, 0.15) is 18.1 Å². The number of hydrogen-bond donors (Lipinski definition) is 1. The monoisotopic (exact) mass is 300 g/mol. The molecular formula is C18H24N2O2. The maximum absolute atomic E-state index is 5.68. The Kier molecular flexibility index (Phi) is 6.10. The summed E-state index contributed by atoms with van der Waals surface area (Å²) in [4.78, 5) is 2.10. The zero-order chi connectivity index (χ0) is 15.8. The summed E-state index contributed by atoms with van der Waals surface area (Å²) in [5.41, 5.74) is 2.20. The van der Waals surface area contributed by atoms with Crippen molar-refractivity contribution in [1.29, 1.82) is 0 Å². The molecular weight excluding hydrogens is 276 g/mol. The van der Waals surface area contributed by atoms with Crippen molar-refractivity contribution in [3.05, 3.63) is 54.1 Å². The standard InChI is InChI=1S/C18H24N2O2/c1-20(2)12-13-22-17-10-8-16(9-11-17)19-14-15-6-4-5-7-18(15)21-3/h4-11,19H,12-14H2,1-3H3. The molecule has 0 radical (unpaired) electrons. The Morgan fingerprint density at radius 3 is 2.41 bits per heavy atom. The fraction of sp³-hybridized carbons (Fsp3) is 0.333. The highest BCUT2D eigenvalue weighted by molar-refractivity contribution is 5.47. The van der Waals surface area contributed by atoms with Crippen molar-refractivity contribution in [3.8, 4) is 11.5 Å². The third kappa shape index (κ3) is 4.97. The van der Waals surface area contributed by atoms with E-state index >= 15 is 0 Å². The van der Waals surface area contributed by atoms with Crippen molar-refractivity contribution in [3.63, 3.8) is 0 Å². The third-order valence-electron chi connectivity index (χ3n) is 3.34. The van der Waals surface area contributed by atoms with Gasteiger partial charge in [-0.15, -0.1) is 0 Å². The lowest BCUT2D eigenvalue weighted by Gasteiger charge is -2.12. The summed E-state index contributed by atoms with van der Waals surface area (Å²) >= 11 is 0. The topological polar surface area (TPSA) is 33.7 Å². The van der Waals surface area contributed by atoms with Gasteiger partial charge >= 0.3 is 0 Å². The van der Waals surface area contributed by atoms with Crippen LogP contribution in [0.5, 0.6) is 11.5 Å². The van der Waals surface area contributed by atoms with Crippen LogP contribution in [0.25, 0.3) is 0 Å². The van der Waals surface area contributed by atoms with Gasteiger partial charge in [0.25, 0.3) is 0 Å². The normalized spacial score (nSPS) is 10.5. The largest absolute Gasteiger partial charge is 0.496 e. The molecule has 0 aromatic heterocycles. The molecule has 0 bridgehead atoms.